The zero-order valence-electron chi connectivity index (χ0n) is 17.1. The summed E-state index contributed by atoms with van der Waals surface area (Å²) in [4.78, 5) is 54.5. The second-order valence-corrected chi connectivity index (χ2v) is 8.95. The molecular weight excluding hydrogens is 374 g/mol. The van der Waals surface area contributed by atoms with Crippen molar-refractivity contribution in [1.82, 2.24) is 25.3 Å². The van der Waals surface area contributed by atoms with Crippen LogP contribution in [0.5, 0.6) is 0 Å². The Morgan fingerprint density at radius 2 is 1.62 bits per heavy atom. The molecule has 6 amide bonds. The highest BCUT2D eigenvalue weighted by Gasteiger charge is 2.56. The predicted octanol–water partition coefficient (Wildman–Crippen LogP) is 0.893. The zero-order chi connectivity index (χ0) is 20.6. The summed E-state index contributed by atoms with van der Waals surface area (Å²) in [5.74, 6) is -0.380. The van der Waals surface area contributed by atoms with Crippen molar-refractivity contribution in [2.24, 2.45) is 5.92 Å². The van der Waals surface area contributed by atoms with E-state index >= 15 is 0 Å². The number of hydrogen-bond donors (Lipinski definition) is 2. The molecule has 2 N–H and O–H groups in total. The van der Waals surface area contributed by atoms with Gasteiger partial charge in [0.2, 0.25) is 5.91 Å². The van der Waals surface area contributed by atoms with Crippen LogP contribution in [0.15, 0.2) is 0 Å². The van der Waals surface area contributed by atoms with Crippen molar-refractivity contribution in [2.75, 3.05) is 32.7 Å². The van der Waals surface area contributed by atoms with Gasteiger partial charge in [-0.1, -0.05) is 19.3 Å². The Kier molecular flexibility index (Phi) is 5.40. The van der Waals surface area contributed by atoms with E-state index in [9.17, 15) is 19.2 Å². The number of urea groups is 2. The normalized spacial score (nSPS) is 28.5. The molecule has 0 bridgehead atoms. The van der Waals surface area contributed by atoms with Crippen molar-refractivity contribution < 1.29 is 19.2 Å². The molecule has 1 atom stereocenters. The molecule has 4 aliphatic rings. The number of rotatable bonds is 4. The topological polar surface area (TPSA) is 102 Å². The third-order valence-electron chi connectivity index (χ3n) is 6.84. The third kappa shape index (κ3) is 4.04. The van der Waals surface area contributed by atoms with Crippen LogP contribution in [0.4, 0.5) is 9.59 Å². The molecule has 9 heteroatoms. The van der Waals surface area contributed by atoms with Gasteiger partial charge in [0.1, 0.15) is 12.1 Å². The predicted molar refractivity (Wildman–Crippen MR) is 105 cm³/mol. The molecule has 29 heavy (non-hydrogen) atoms. The monoisotopic (exact) mass is 405 g/mol. The van der Waals surface area contributed by atoms with Crippen LogP contribution in [0.2, 0.25) is 0 Å². The van der Waals surface area contributed by atoms with Gasteiger partial charge in [-0.05, 0) is 38.5 Å². The molecule has 0 spiro atoms. The van der Waals surface area contributed by atoms with Crippen LogP contribution in [0, 0.1) is 5.92 Å². The summed E-state index contributed by atoms with van der Waals surface area (Å²) in [5, 5.41) is 5.87. The number of nitrogens with one attached hydrogen (secondary N) is 2. The van der Waals surface area contributed by atoms with Crippen LogP contribution in [-0.4, -0.2) is 82.9 Å². The Balaban J connectivity index is 1.25. The average molecular weight is 405 g/mol. The standard InChI is InChI=1S/C20H31N5O4/c1-20(14-7-8-14)17(27)25(19(29)22-20)13-16(26)23-9-11-24(12-10-23)18(28)21-15-5-3-2-4-6-15/h14-15H,2-13H2,1H3,(H,21,28)(H,22,29). The van der Waals surface area contributed by atoms with Gasteiger partial charge >= 0.3 is 12.1 Å². The van der Waals surface area contributed by atoms with Gasteiger partial charge in [0.05, 0.1) is 0 Å². The Hall–Kier alpha value is -2.32. The minimum Gasteiger partial charge on any atom is -0.338 e. The molecule has 2 saturated heterocycles. The zero-order valence-corrected chi connectivity index (χ0v) is 17.1. The van der Waals surface area contributed by atoms with Gasteiger partial charge in [-0.15, -0.1) is 0 Å². The Labute approximate surface area is 171 Å². The van der Waals surface area contributed by atoms with Gasteiger partial charge in [0, 0.05) is 32.2 Å². The molecule has 2 aliphatic carbocycles. The minimum atomic E-state index is -0.868. The van der Waals surface area contributed by atoms with Crippen molar-refractivity contribution in [1.29, 1.82) is 0 Å². The summed E-state index contributed by atoms with van der Waals surface area (Å²) in [5.41, 5.74) is -0.868. The molecule has 4 rings (SSSR count). The van der Waals surface area contributed by atoms with E-state index in [0.717, 1.165) is 43.4 Å². The van der Waals surface area contributed by atoms with E-state index in [1.807, 2.05) is 0 Å². The van der Waals surface area contributed by atoms with Crippen molar-refractivity contribution in [3.05, 3.63) is 0 Å². The Morgan fingerprint density at radius 1 is 1.00 bits per heavy atom. The fraction of sp³-hybridized carbons (Fsp3) is 0.800. The van der Waals surface area contributed by atoms with Crippen LogP contribution in [0.3, 0.4) is 0 Å². The Morgan fingerprint density at radius 3 is 2.24 bits per heavy atom. The lowest BCUT2D eigenvalue weighted by Crippen LogP contribution is -2.56. The molecule has 1 unspecified atom stereocenters. The molecule has 4 fully saturated rings. The number of carbonyl (C=O) groups excluding carboxylic acids is 4. The van der Waals surface area contributed by atoms with E-state index in [4.69, 9.17) is 0 Å². The number of amides is 6. The van der Waals surface area contributed by atoms with Gasteiger partial charge in [0.15, 0.2) is 0 Å². The first-order valence-electron chi connectivity index (χ1n) is 10.9. The highest BCUT2D eigenvalue weighted by Crippen LogP contribution is 2.42. The van der Waals surface area contributed by atoms with E-state index in [0.29, 0.717) is 26.2 Å². The number of nitrogens with zero attached hydrogens (tertiary/aromatic N) is 3. The Bertz CT molecular complexity index is 695. The van der Waals surface area contributed by atoms with Crippen LogP contribution < -0.4 is 10.6 Å². The quantitative estimate of drug-likeness (QED) is 0.678. The molecule has 2 saturated carbocycles. The summed E-state index contributed by atoms with van der Waals surface area (Å²) in [6.07, 6.45) is 7.49. The molecule has 0 aromatic carbocycles. The maximum atomic E-state index is 12.7. The van der Waals surface area contributed by atoms with Gasteiger partial charge in [-0.3, -0.25) is 14.5 Å². The third-order valence-corrected chi connectivity index (χ3v) is 6.84. The first-order chi connectivity index (χ1) is 13.9. The summed E-state index contributed by atoms with van der Waals surface area (Å²) in [6.45, 7) is 3.27. The van der Waals surface area contributed by atoms with Crippen LogP contribution in [-0.2, 0) is 9.59 Å². The van der Waals surface area contributed by atoms with Crippen LogP contribution in [0.1, 0.15) is 51.9 Å². The lowest BCUT2D eigenvalue weighted by Gasteiger charge is -2.36. The average Bonchev–Trinajstić information content (AvgIpc) is 3.55. The molecule has 2 heterocycles. The fourth-order valence-electron chi connectivity index (χ4n) is 4.70. The lowest BCUT2D eigenvalue weighted by atomic mass is 9.96. The van der Waals surface area contributed by atoms with Crippen molar-refractivity contribution in [2.45, 2.75) is 63.5 Å². The molecule has 160 valence electrons. The van der Waals surface area contributed by atoms with Crippen LogP contribution >= 0.6 is 0 Å². The van der Waals surface area contributed by atoms with Crippen molar-refractivity contribution in [3.8, 4) is 0 Å². The maximum absolute atomic E-state index is 12.7. The van der Waals surface area contributed by atoms with Crippen LogP contribution in [0.25, 0.3) is 0 Å². The maximum Gasteiger partial charge on any atom is 0.325 e. The van der Waals surface area contributed by atoms with E-state index in [1.165, 1.54) is 6.42 Å². The minimum absolute atomic E-state index is 0.0571. The van der Waals surface area contributed by atoms with Gasteiger partial charge < -0.3 is 20.4 Å². The van der Waals surface area contributed by atoms with E-state index in [2.05, 4.69) is 10.6 Å². The molecule has 0 radical (unpaired) electrons. The number of carbonyl (C=O) groups is 4. The van der Waals surface area contributed by atoms with E-state index in [1.54, 1.807) is 16.7 Å². The summed E-state index contributed by atoms with van der Waals surface area (Å²) in [6, 6.07) is -0.280. The van der Waals surface area contributed by atoms with Gasteiger partial charge in [-0.2, -0.15) is 0 Å². The molecule has 0 aromatic heterocycles. The second kappa shape index (κ2) is 7.84. The summed E-state index contributed by atoms with van der Waals surface area (Å²) >= 11 is 0. The number of hydrogen-bond acceptors (Lipinski definition) is 4. The molecular formula is C20H31N5O4. The number of piperazine rings is 1. The number of imide groups is 1. The van der Waals surface area contributed by atoms with Crippen molar-refractivity contribution >= 4 is 23.9 Å². The molecule has 2 aliphatic heterocycles. The highest BCUT2D eigenvalue weighted by molar-refractivity contribution is 6.09. The van der Waals surface area contributed by atoms with Gasteiger partial charge in [0.25, 0.3) is 5.91 Å². The van der Waals surface area contributed by atoms with Gasteiger partial charge in [-0.25, -0.2) is 9.59 Å². The molecule has 0 aromatic rings. The lowest BCUT2D eigenvalue weighted by molar-refractivity contribution is -0.139. The first-order valence-corrected chi connectivity index (χ1v) is 10.9. The summed E-state index contributed by atoms with van der Waals surface area (Å²) in [7, 11) is 0. The highest BCUT2D eigenvalue weighted by atomic mass is 16.2. The smallest absolute Gasteiger partial charge is 0.325 e. The second-order valence-electron chi connectivity index (χ2n) is 8.95. The largest absolute Gasteiger partial charge is 0.338 e. The van der Waals surface area contributed by atoms with E-state index in [-0.39, 0.29) is 36.3 Å². The molecule has 9 nitrogen and oxygen atoms in total. The first kappa shape index (κ1) is 20.0. The summed E-state index contributed by atoms with van der Waals surface area (Å²) < 4.78 is 0. The fourth-order valence-corrected chi connectivity index (χ4v) is 4.70. The van der Waals surface area contributed by atoms with E-state index < -0.39 is 11.6 Å². The van der Waals surface area contributed by atoms with Crippen molar-refractivity contribution in [3.63, 3.8) is 0 Å². The SMILES string of the molecule is CC1(C2CC2)NC(=O)N(CC(=O)N2CCN(C(=O)NC3CCCCC3)CC2)C1=O.